The van der Waals surface area contributed by atoms with Crippen molar-refractivity contribution in [2.45, 2.75) is 18.4 Å². The highest BCUT2D eigenvalue weighted by Crippen LogP contribution is 2.43. The minimum atomic E-state index is -0.156. The molecule has 0 unspecified atom stereocenters. The van der Waals surface area contributed by atoms with Crippen molar-refractivity contribution < 1.29 is 0 Å². The lowest BCUT2D eigenvalue weighted by atomic mass is 9.96. The Morgan fingerprint density at radius 1 is 0.800 bits per heavy atom. The van der Waals surface area contributed by atoms with Crippen LogP contribution >= 0.6 is 0 Å². The van der Waals surface area contributed by atoms with Crippen molar-refractivity contribution >= 4 is 16.6 Å². The van der Waals surface area contributed by atoms with Gasteiger partial charge < -0.3 is 5.73 Å². The summed E-state index contributed by atoms with van der Waals surface area (Å²) in [5.41, 5.74) is 13.1. The van der Waals surface area contributed by atoms with E-state index >= 15 is 0 Å². The normalized spacial score (nSPS) is 14.4. The molecule has 1 aliphatic carbocycles. The van der Waals surface area contributed by atoms with Gasteiger partial charge in [0.15, 0.2) is 11.5 Å². The first-order chi connectivity index (χ1) is 17.2. The van der Waals surface area contributed by atoms with E-state index in [1.54, 1.807) is 18.5 Å². The van der Waals surface area contributed by atoms with Gasteiger partial charge in [0, 0.05) is 40.6 Å². The number of nitrogens with zero attached hydrogens (tertiary/aromatic N) is 6. The number of nitrogens with two attached hydrogens (primary N) is 1. The van der Waals surface area contributed by atoms with Gasteiger partial charge in [-0.05, 0) is 42.2 Å². The summed E-state index contributed by atoms with van der Waals surface area (Å²) in [4.78, 5) is 13.8. The molecule has 0 bridgehead atoms. The first-order valence-electron chi connectivity index (χ1n) is 11.6. The van der Waals surface area contributed by atoms with Crippen molar-refractivity contribution in [3.05, 3.63) is 97.0 Å². The van der Waals surface area contributed by atoms with Crippen molar-refractivity contribution in [1.29, 1.82) is 0 Å². The molecule has 1 fully saturated rings. The van der Waals surface area contributed by atoms with Crippen LogP contribution in [0.1, 0.15) is 18.4 Å². The van der Waals surface area contributed by atoms with Gasteiger partial charge in [0.25, 0.3) is 0 Å². The zero-order chi connectivity index (χ0) is 23.4. The summed E-state index contributed by atoms with van der Waals surface area (Å²) in [5.74, 6) is 1.12. The molecule has 2 N–H and O–H groups in total. The molecule has 0 radical (unpaired) electrons. The highest BCUT2D eigenvalue weighted by Gasteiger charge is 2.39. The van der Waals surface area contributed by atoms with Crippen molar-refractivity contribution in [1.82, 2.24) is 29.5 Å². The molecule has 0 amide bonds. The van der Waals surface area contributed by atoms with E-state index in [0.29, 0.717) is 11.6 Å². The van der Waals surface area contributed by atoms with E-state index in [0.717, 1.165) is 51.8 Å². The lowest BCUT2D eigenvalue weighted by Gasteiger charge is -2.14. The monoisotopic (exact) mass is 455 g/mol. The first-order valence-corrected chi connectivity index (χ1v) is 11.6. The van der Waals surface area contributed by atoms with Crippen LogP contribution in [0.2, 0.25) is 0 Å². The number of fused-ring (bicyclic) bond motifs is 3. The summed E-state index contributed by atoms with van der Waals surface area (Å²) in [5, 5.41) is 9.79. The van der Waals surface area contributed by atoms with Crippen LogP contribution in [0.5, 0.6) is 0 Å². The first kappa shape index (κ1) is 19.9. The Balaban J connectivity index is 1.45. The van der Waals surface area contributed by atoms with Gasteiger partial charge in [0.2, 0.25) is 5.82 Å². The molecule has 7 heteroatoms. The van der Waals surface area contributed by atoms with Gasteiger partial charge in [-0.15, -0.1) is 10.2 Å². The van der Waals surface area contributed by atoms with Crippen LogP contribution in [0.15, 0.2) is 91.4 Å². The highest BCUT2D eigenvalue weighted by atomic mass is 15.3. The molecule has 4 aromatic heterocycles. The Bertz CT molecular complexity index is 1690. The smallest absolute Gasteiger partial charge is 0.206 e. The Labute approximate surface area is 201 Å². The van der Waals surface area contributed by atoms with Gasteiger partial charge in [-0.2, -0.15) is 0 Å². The van der Waals surface area contributed by atoms with E-state index in [1.807, 2.05) is 34.9 Å². The fourth-order valence-corrected chi connectivity index (χ4v) is 4.60. The zero-order valence-corrected chi connectivity index (χ0v) is 18.8. The maximum Gasteiger partial charge on any atom is 0.206 e. The second-order valence-electron chi connectivity index (χ2n) is 9.02. The number of benzene rings is 2. The summed E-state index contributed by atoms with van der Waals surface area (Å²) >= 11 is 0. The van der Waals surface area contributed by atoms with Crippen LogP contribution in [-0.4, -0.2) is 29.5 Å². The van der Waals surface area contributed by atoms with Crippen molar-refractivity contribution in [3.8, 4) is 34.0 Å². The Morgan fingerprint density at radius 2 is 1.57 bits per heavy atom. The summed E-state index contributed by atoms with van der Waals surface area (Å²) in [7, 11) is 0. The third kappa shape index (κ3) is 3.28. The summed E-state index contributed by atoms with van der Waals surface area (Å²) in [6, 6.07) is 24.8. The maximum absolute atomic E-state index is 6.41. The Hall–Kier alpha value is -4.49. The number of rotatable bonds is 4. The van der Waals surface area contributed by atoms with E-state index < -0.39 is 0 Å². The molecular weight excluding hydrogens is 434 g/mol. The quantitative estimate of drug-likeness (QED) is 0.401. The Morgan fingerprint density at radius 3 is 2.31 bits per heavy atom. The molecular formula is C28H21N7. The number of hydrogen-bond acceptors (Lipinski definition) is 6. The predicted molar refractivity (Wildman–Crippen MR) is 135 cm³/mol. The average molecular weight is 456 g/mol. The van der Waals surface area contributed by atoms with Crippen molar-refractivity contribution in [3.63, 3.8) is 0 Å². The fraction of sp³-hybridized carbons (Fsp3) is 0.107. The van der Waals surface area contributed by atoms with Crippen molar-refractivity contribution in [2.24, 2.45) is 5.73 Å². The minimum Gasteiger partial charge on any atom is -0.321 e. The number of aromatic nitrogens is 6. The molecule has 2 aromatic carbocycles. The molecule has 7 rings (SSSR count). The van der Waals surface area contributed by atoms with E-state index in [9.17, 15) is 0 Å². The van der Waals surface area contributed by atoms with E-state index in [-0.39, 0.29) is 5.54 Å². The zero-order valence-electron chi connectivity index (χ0n) is 18.8. The molecule has 6 aromatic rings. The third-order valence-corrected chi connectivity index (χ3v) is 6.74. The largest absolute Gasteiger partial charge is 0.321 e. The molecule has 35 heavy (non-hydrogen) atoms. The van der Waals surface area contributed by atoms with E-state index in [4.69, 9.17) is 10.7 Å². The molecule has 1 saturated carbocycles. The SMILES string of the molecule is NC1(c2ccc(-c3nc4ccn5c(-c6ncccn6)nnc5c4cc3-c3ccccc3)cc2)CC1. The molecule has 0 spiro atoms. The van der Waals surface area contributed by atoms with Gasteiger partial charge >= 0.3 is 0 Å². The van der Waals surface area contributed by atoms with Gasteiger partial charge in [-0.1, -0.05) is 54.6 Å². The molecule has 0 atom stereocenters. The minimum absolute atomic E-state index is 0.156. The topological polar surface area (TPSA) is 94.9 Å². The highest BCUT2D eigenvalue weighted by molar-refractivity contribution is 5.98. The van der Waals surface area contributed by atoms with Crippen LogP contribution in [-0.2, 0) is 5.54 Å². The Kier molecular flexibility index (Phi) is 4.28. The number of pyridine rings is 2. The second-order valence-corrected chi connectivity index (χ2v) is 9.02. The van der Waals surface area contributed by atoms with Crippen LogP contribution in [0.4, 0.5) is 0 Å². The summed E-state index contributed by atoms with van der Waals surface area (Å²) in [6.45, 7) is 0. The molecule has 0 saturated heterocycles. The molecule has 7 nitrogen and oxygen atoms in total. The van der Waals surface area contributed by atoms with Crippen LogP contribution in [0.25, 0.3) is 50.6 Å². The summed E-state index contributed by atoms with van der Waals surface area (Å²) < 4.78 is 1.92. The lowest BCUT2D eigenvalue weighted by molar-refractivity contribution is 0.740. The number of hydrogen-bond donors (Lipinski definition) is 1. The fourth-order valence-electron chi connectivity index (χ4n) is 4.60. The van der Waals surface area contributed by atoms with Gasteiger partial charge in [-0.3, -0.25) is 4.40 Å². The summed E-state index contributed by atoms with van der Waals surface area (Å²) in [6.07, 6.45) is 7.41. The van der Waals surface area contributed by atoms with E-state index in [2.05, 4.69) is 62.6 Å². The van der Waals surface area contributed by atoms with E-state index in [1.165, 1.54) is 5.56 Å². The van der Waals surface area contributed by atoms with Crippen molar-refractivity contribution in [2.75, 3.05) is 0 Å². The van der Waals surface area contributed by atoms with Gasteiger partial charge in [0.1, 0.15) is 0 Å². The molecule has 168 valence electrons. The van der Waals surface area contributed by atoms with Crippen LogP contribution in [0, 0.1) is 0 Å². The second kappa shape index (κ2) is 7.51. The predicted octanol–water partition coefficient (Wildman–Crippen LogP) is 5.02. The van der Waals surface area contributed by atoms with Gasteiger partial charge in [0.05, 0.1) is 11.2 Å². The van der Waals surface area contributed by atoms with Gasteiger partial charge in [-0.25, -0.2) is 15.0 Å². The third-order valence-electron chi connectivity index (χ3n) is 6.74. The lowest BCUT2D eigenvalue weighted by Crippen LogP contribution is -2.18. The molecule has 4 heterocycles. The molecule has 1 aliphatic rings. The maximum atomic E-state index is 6.41. The standard InChI is InChI=1S/C28H21N7/c29-28(12-13-28)20-9-7-19(8-10-20)24-21(18-5-2-1-3-6-18)17-22-23(32-24)11-16-35-26(22)33-34-27(35)25-30-14-4-15-31-25/h1-11,14-17H,12-13,29H2. The average Bonchev–Trinajstić information content (AvgIpc) is 3.52. The van der Waals surface area contributed by atoms with Crippen LogP contribution in [0.3, 0.4) is 0 Å². The van der Waals surface area contributed by atoms with Crippen LogP contribution < -0.4 is 5.73 Å². The molecule has 0 aliphatic heterocycles.